The number of methoxy groups -OCH3 is 1. The fraction of sp³-hybridized carbons (Fsp3) is 0.0556. The predicted octanol–water partition coefficient (Wildman–Crippen LogP) is 4.52. The number of aromatic amines is 1. The molecule has 0 bridgehead atoms. The standard InChI is InChI=1S/C18H13Cl3N4O3/c1-27-16-5-3-9(19)6-12(16)17(22)25-28-18(26)15-8-14(23-24-15)11-4-2-10(20)7-13(11)21/h2-8H,1H3,(H2,22,25)(H,23,24). The number of halogens is 3. The van der Waals surface area contributed by atoms with Gasteiger partial charge in [-0.15, -0.1) is 0 Å². The lowest BCUT2D eigenvalue weighted by atomic mass is 10.1. The molecule has 2 aromatic carbocycles. The number of H-pyrrole nitrogens is 1. The van der Waals surface area contributed by atoms with Crippen molar-refractivity contribution >= 4 is 46.6 Å². The Kier molecular flexibility index (Phi) is 6.08. The van der Waals surface area contributed by atoms with Gasteiger partial charge in [-0.05, 0) is 42.5 Å². The van der Waals surface area contributed by atoms with Crippen LogP contribution in [0.3, 0.4) is 0 Å². The summed E-state index contributed by atoms with van der Waals surface area (Å²) in [7, 11) is 1.47. The van der Waals surface area contributed by atoms with Gasteiger partial charge < -0.3 is 15.3 Å². The molecule has 0 unspecified atom stereocenters. The molecule has 0 atom stereocenters. The van der Waals surface area contributed by atoms with Crippen molar-refractivity contribution in [2.45, 2.75) is 0 Å². The number of rotatable bonds is 5. The molecule has 144 valence electrons. The van der Waals surface area contributed by atoms with Crippen LogP contribution in [0.5, 0.6) is 5.75 Å². The van der Waals surface area contributed by atoms with Crippen LogP contribution in [0.2, 0.25) is 15.1 Å². The van der Waals surface area contributed by atoms with Gasteiger partial charge in [0.25, 0.3) is 0 Å². The minimum Gasteiger partial charge on any atom is -0.496 e. The average Bonchev–Trinajstić information content (AvgIpc) is 3.15. The summed E-state index contributed by atoms with van der Waals surface area (Å²) >= 11 is 18.0. The maximum Gasteiger partial charge on any atom is 0.383 e. The topological polar surface area (TPSA) is 103 Å². The summed E-state index contributed by atoms with van der Waals surface area (Å²) in [6.45, 7) is 0. The maximum absolute atomic E-state index is 12.2. The van der Waals surface area contributed by atoms with Crippen LogP contribution in [0.25, 0.3) is 11.3 Å². The number of nitrogens with zero attached hydrogens (tertiary/aromatic N) is 2. The molecule has 1 heterocycles. The molecule has 3 aromatic rings. The number of aromatic nitrogens is 2. The lowest BCUT2D eigenvalue weighted by Crippen LogP contribution is -2.16. The van der Waals surface area contributed by atoms with Crippen molar-refractivity contribution in [1.29, 1.82) is 0 Å². The Labute approximate surface area is 175 Å². The monoisotopic (exact) mass is 438 g/mol. The molecule has 0 aliphatic heterocycles. The summed E-state index contributed by atoms with van der Waals surface area (Å²) < 4.78 is 5.19. The van der Waals surface area contributed by atoms with Crippen molar-refractivity contribution < 1.29 is 14.4 Å². The summed E-state index contributed by atoms with van der Waals surface area (Å²) in [5, 5.41) is 11.6. The molecular weight excluding hydrogens is 427 g/mol. The first-order valence-corrected chi connectivity index (χ1v) is 8.92. The highest BCUT2D eigenvalue weighted by Crippen LogP contribution is 2.29. The van der Waals surface area contributed by atoms with Crippen LogP contribution in [-0.2, 0) is 4.84 Å². The van der Waals surface area contributed by atoms with Gasteiger partial charge in [0, 0.05) is 15.6 Å². The first-order chi connectivity index (χ1) is 13.4. The summed E-state index contributed by atoms with van der Waals surface area (Å²) in [5.41, 5.74) is 7.38. The Morgan fingerprint density at radius 2 is 1.82 bits per heavy atom. The van der Waals surface area contributed by atoms with E-state index in [1.54, 1.807) is 36.4 Å². The average molecular weight is 440 g/mol. The molecular formula is C18H13Cl3N4O3. The van der Waals surface area contributed by atoms with Crippen molar-refractivity contribution in [3.05, 3.63) is 68.8 Å². The second-order valence-electron chi connectivity index (χ2n) is 5.49. The van der Waals surface area contributed by atoms with Gasteiger partial charge in [0.05, 0.1) is 23.4 Å². The molecule has 10 heteroatoms. The Morgan fingerprint density at radius 3 is 2.54 bits per heavy atom. The van der Waals surface area contributed by atoms with Gasteiger partial charge in [0.2, 0.25) is 0 Å². The number of oxime groups is 1. The zero-order valence-corrected chi connectivity index (χ0v) is 16.6. The van der Waals surface area contributed by atoms with Crippen molar-refractivity contribution in [3.63, 3.8) is 0 Å². The van der Waals surface area contributed by atoms with Crippen LogP contribution in [-0.4, -0.2) is 29.1 Å². The summed E-state index contributed by atoms with van der Waals surface area (Å²) in [5.74, 6) is -0.427. The van der Waals surface area contributed by atoms with E-state index >= 15 is 0 Å². The largest absolute Gasteiger partial charge is 0.496 e. The first kappa shape index (κ1) is 20.0. The predicted molar refractivity (Wildman–Crippen MR) is 108 cm³/mol. The summed E-state index contributed by atoms with van der Waals surface area (Å²) in [6, 6.07) is 11.2. The second kappa shape index (κ2) is 8.52. The quantitative estimate of drug-likeness (QED) is 0.263. The van der Waals surface area contributed by atoms with E-state index < -0.39 is 5.97 Å². The van der Waals surface area contributed by atoms with E-state index in [1.165, 1.54) is 13.2 Å². The van der Waals surface area contributed by atoms with E-state index in [1.807, 2.05) is 0 Å². The van der Waals surface area contributed by atoms with Crippen molar-refractivity contribution in [3.8, 4) is 17.0 Å². The van der Waals surface area contributed by atoms with Gasteiger partial charge in [0.1, 0.15) is 11.4 Å². The molecule has 1 aromatic heterocycles. The van der Waals surface area contributed by atoms with E-state index in [2.05, 4.69) is 15.4 Å². The molecule has 0 fully saturated rings. The molecule has 0 saturated carbocycles. The number of carbonyl (C=O) groups excluding carboxylic acids is 1. The van der Waals surface area contributed by atoms with E-state index in [9.17, 15) is 4.79 Å². The van der Waals surface area contributed by atoms with Gasteiger partial charge in [-0.3, -0.25) is 5.10 Å². The molecule has 3 rings (SSSR count). The second-order valence-corrected chi connectivity index (χ2v) is 6.77. The lowest BCUT2D eigenvalue weighted by molar-refractivity contribution is 0.0509. The van der Waals surface area contributed by atoms with E-state index in [4.69, 9.17) is 50.1 Å². The number of benzene rings is 2. The number of carbonyl (C=O) groups is 1. The molecule has 7 nitrogen and oxygen atoms in total. The minimum atomic E-state index is -0.784. The van der Waals surface area contributed by atoms with Crippen molar-refractivity contribution in [2.75, 3.05) is 7.11 Å². The zero-order chi connectivity index (χ0) is 20.3. The molecule has 0 saturated heterocycles. The molecule has 0 aliphatic carbocycles. The van der Waals surface area contributed by atoms with Gasteiger partial charge in [-0.2, -0.15) is 5.10 Å². The van der Waals surface area contributed by atoms with Crippen LogP contribution in [0.1, 0.15) is 16.1 Å². The normalized spacial score (nSPS) is 11.4. The molecule has 0 aliphatic rings. The number of hydrogen-bond donors (Lipinski definition) is 2. The van der Waals surface area contributed by atoms with Crippen LogP contribution in [0.4, 0.5) is 0 Å². The highest BCUT2D eigenvalue weighted by atomic mass is 35.5. The Morgan fingerprint density at radius 1 is 1.11 bits per heavy atom. The highest BCUT2D eigenvalue weighted by Gasteiger charge is 2.16. The molecule has 0 amide bonds. The number of nitrogens with two attached hydrogens (primary N) is 1. The molecule has 0 spiro atoms. The van der Waals surface area contributed by atoms with E-state index in [0.717, 1.165) is 0 Å². The molecule has 0 radical (unpaired) electrons. The number of nitrogens with one attached hydrogen (secondary N) is 1. The molecule has 28 heavy (non-hydrogen) atoms. The SMILES string of the molecule is COc1ccc(Cl)cc1/C(N)=N/OC(=O)c1cc(-c2ccc(Cl)cc2Cl)n[nH]1. The lowest BCUT2D eigenvalue weighted by Gasteiger charge is -2.07. The van der Waals surface area contributed by atoms with E-state index in [0.29, 0.717) is 37.6 Å². The van der Waals surface area contributed by atoms with E-state index in [-0.39, 0.29) is 11.5 Å². The third kappa shape index (κ3) is 4.39. The van der Waals surface area contributed by atoms with Crippen LogP contribution >= 0.6 is 34.8 Å². The minimum absolute atomic E-state index is 0.0654. The van der Waals surface area contributed by atoms with Gasteiger partial charge >= 0.3 is 5.97 Å². The number of amidine groups is 1. The maximum atomic E-state index is 12.2. The van der Waals surface area contributed by atoms with Crippen LogP contribution < -0.4 is 10.5 Å². The van der Waals surface area contributed by atoms with Gasteiger partial charge in [-0.25, -0.2) is 4.79 Å². The van der Waals surface area contributed by atoms with Gasteiger partial charge in [0.15, 0.2) is 5.84 Å². The van der Waals surface area contributed by atoms with Gasteiger partial charge in [-0.1, -0.05) is 40.0 Å². The smallest absolute Gasteiger partial charge is 0.383 e. The third-order valence-corrected chi connectivity index (χ3v) is 4.45. The fourth-order valence-electron chi connectivity index (χ4n) is 2.33. The highest BCUT2D eigenvalue weighted by molar-refractivity contribution is 6.36. The van der Waals surface area contributed by atoms with Crippen LogP contribution in [0.15, 0.2) is 47.6 Å². The number of hydrogen-bond acceptors (Lipinski definition) is 5. The van der Waals surface area contributed by atoms with Crippen molar-refractivity contribution in [1.82, 2.24) is 10.2 Å². The Bertz CT molecular complexity index is 1070. The van der Waals surface area contributed by atoms with Crippen molar-refractivity contribution in [2.24, 2.45) is 10.9 Å². The Balaban J connectivity index is 1.78. The fourth-order valence-corrected chi connectivity index (χ4v) is 3.01. The Hall–Kier alpha value is -2.74. The molecule has 3 N–H and O–H groups in total. The number of ether oxygens (including phenoxy) is 1. The summed E-state index contributed by atoms with van der Waals surface area (Å²) in [6.07, 6.45) is 0. The summed E-state index contributed by atoms with van der Waals surface area (Å²) in [4.78, 5) is 17.1. The zero-order valence-electron chi connectivity index (χ0n) is 14.4. The first-order valence-electron chi connectivity index (χ1n) is 7.78. The third-order valence-electron chi connectivity index (χ3n) is 3.67. The van der Waals surface area contributed by atoms with Crippen LogP contribution in [0, 0.1) is 0 Å².